The van der Waals surface area contributed by atoms with E-state index >= 15 is 0 Å². The molecule has 0 fully saturated rings. The van der Waals surface area contributed by atoms with E-state index in [0.29, 0.717) is 18.1 Å². The van der Waals surface area contributed by atoms with E-state index in [0.717, 1.165) is 10.6 Å². The van der Waals surface area contributed by atoms with E-state index < -0.39 is 11.2 Å². The van der Waals surface area contributed by atoms with Gasteiger partial charge in [-0.15, -0.1) is 11.3 Å². The van der Waals surface area contributed by atoms with Gasteiger partial charge in [0, 0.05) is 18.0 Å². The van der Waals surface area contributed by atoms with Crippen molar-refractivity contribution in [3.8, 4) is 0 Å². The molecular formula is C19H29N5O3S. The fourth-order valence-corrected chi connectivity index (χ4v) is 3.83. The lowest BCUT2D eigenvalue weighted by Gasteiger charge is -2.26. The summed E-state index contributed by atoms with van der Waals surface area (Å²) in [6.45, 7) is 12.3. The van der Waals surface area contributed by atoms with Gasteiger partial charge in [-0.1, -0.05) is 27.7 Å². The van der Waals surface area contributed by atoms with Gasteiger partial charge in [-0.25, -0.2) is 9.78 Å². The number of aromatic nitrogens is 3. The SMILES string of the molecule is Cc1nc(CC(=O)N(CC(C)C)c2c(N)n(CC(C)C)c(=O)[nH]c2=O)sc1C. The zero-order valence-corrected chi connectivity index (χ0v) is 18.1. The van der Waals surface area contributed by atoms with Crippen molar-refractivity contribution in [3.05, 3.63) is 36.4 Å². The Hall–Kier alpha value is -2.42. The summed E-state index contributed by atoms with van der Waals surface area (Å²) in [6, 6.07) is 0. The van der Waals surface area contributed by atoms with Gasteiger partial charge in [-0.2, -0.15) is 0 Å². The van der Waals surface area contributed by atoms with E-state index in [1.807, 2.05) is 41.5 Å². The zero-order chi connectivity index (χ0) is 21.2. The molecule has 0 bridgehead atoms. The minimum Gasteiger partial charge on any atom is -0.383 e. The molecule has 28 heavy (non-hydrogen) atoms. The lowest BCUT2D eigenvalue weighted by atomic mass is 10.1. The molecule has 0 aliphatic heterocycles. The van der Waals surface area contributed by atoms with Crippen molar-refractivity contribution in [1.82, 2.24) is 14.5 Å². The molecule has 0 saturated heterocycles. The maximum atomic E-state index is 13.1. The topological polar surface area (TPSA) is 114 Å². The third-order valence-corrected chi connectivity index (χ3v) is 5.33. The van der Waals surface area contributed by atoms with Gasteiger partial charge >= 0.3 is 5.69 Å². The number of nitrogens with two attached hydrogens (primary N) is 1. The molecule has 0 atom stereocenters. The molecule has 9 heteroatoms. The van der Waals surface area contributed by atoms with Crippen LogP contribution in [-0.4, -0.2) is 27.0 Å². The standard InChI is InChI=1S/C19H29N5O3S/c1-10(2)8-23(15(25)7-14-21-12(5)13(6)28-14)16-17(20)24(9-11(3)4)19(27)22-18(16)26/h10-11H,7-9,20H2,1-6H3,(H,22,26,27). The molecule has 0 aromatic carbocycles. The van der Waals surface area contributed by atoms with Gasteiger partial charge in [0.1, 0.15) is 10.8 Å². The van der Waals surface area contributed by atoms with Crippen LogP contribution in [0.5, 0.6) is 0 Å². The molecule has 0 unspecified atom stereocenters. The van der Waals surface area contributed by atoms with Crippen LogP contribution in [0.3, 0.4) is 0 Å². The first kappa shape index (κ1) is 21.9. The van der Waals surface area contributed by atoms with Crippen molar-refractivity contribution in [3.63, 3.8) is 0 Å². The zero-order valence-electron chi connectivity index (χ0n) is 17.3. The first-order valence-electron chi connectivity index (χ1n) is 9.37. The van der Waals surface area contributed by atoms with E-state index in [-0.39, 0.29) is 35.7 Å². The quantitative estimate of drug-likeness (QED) is 0.729. The van der Waals surface area contributed by atoms with Crippen LogP contribution >= 0.6 is 11.3 Å². The summed E-state index contributed by atoms with van der Waals surface area (Å²) in [7, 11) is 0. The smallest absolute Gasteiger partial charge is 0.330 e. The monoisotopic (exact) mass is 407 g/mol. The van der Waals surface area contributed by atoms with Crippen molar-refractivity contribution in [2.24, 2.45) is 11.8 Å². The second kappa shape index (κ2) is 8.72. The normalized spacial score (nSPS) is 11.4. The number of carbonyl (C=O) groups is 1. The van der Waals surface area contributed by atoms with Gasteiger partial charge in [0.25, 0.3) is 5.56 Å². The fourth-order valence-electron chi connectivity index (χ4n) is 2.91. The fraction of sp³-hybridized carbons (Fsp3) is 0.579. The Morgan fingerprint density at radius 2 is 1.86 bits per heavy atom. The van der Waals surface area contributed by atoms with E-state index in [2.05, 4.69) is 9.97 Å². The number of aryl methyl sites for hydroxylation is 2. The van der Waals surface area contributed by atoms with E-state index in [4.69, 9.17) is 5.73 Å². The highest BCUT2D eigenvalue weighted by molar-refractivity contribution is 7.11. The summed E-state index contributed by atoms with van der Waals surface area (Å²) in [4.78, 5) is 47.1. The van der Waals surface area contributed by atoms with Crippen LogP contribution < -0.4 is 21.9 Å². The van der Waals surface area contributed by atoms with E-state index in [1.54, 1.807) is 0 Å². The molecular weight excluding hydrogens is 378 g/mol. The third kappa shape index (κ3) is 4.89. The Morgan fingerprint density at radius 3 is 2.36 bits per heavy atom. The predicted octanol–water partition coefficient (Wildman–Crippen LogP) is 2.08. The first-order chi connectivity index (χ1) is 13.0. The predicted molar refractivity (Wildman–Crippen MR) is 113 cm³/mol. The molecule has 2 aromatic heterocycles. The number of nitrogens with zero attached hydrogens (tertiary/aromatic N) is 3. The number of rotatable bonds is 7. The molecule has 0 saturated carbocycles. The highest BCUT2D eigenvalue weighted by Crippen LogP contribution is 2.22. The molecule has 2 aromatic rings. The number of H-pyrrole nitrogens is 1. The highest BCUT2D eigenvalue weighted by Gasteiger charge is 2.26. The molecule has 0 spiro atoms. The number of amides is 1. The Labute approximate surface area is 168 Å². The van der Waals surface area contributed by atoms with Crippen LogP contribution in [0.15, 0.2) is 9.59 Å². The van der Waals surface area contributed by atoms with Crippen molar-refractivity contribution in [2.45, 2.75) is 54.5 Å². The third-order valence-electron chi connectivity index (χ3n) is 4.26. The van der Waals surface area contributed by atoms with Crippen LogP contribution in [0.4, 0.5) is 11.5 Å². The number of aromatic amines is 1. The van der Waals surface area contributed by atoms with Crippen molar-refractivity contribution < 1.29 is 4.79 Å². The van der Waals surface area contributed by atoms with Crippen molar-refractivity contribution >= 4 is 28.7 Å². The number of carbonyl (C=O) groups excluding carboxylic acids is 1. The summed E-state index contributed by atoms with van der Waals surface area (Å²) in [5.41, 5.74) is 5.91. The Bertz CT molecular complexity index is 951. The van der Waals surface area contributed by atoms with Gasteiger partial charge in [0.15, 0.2) is 5.69 Å². The van der Waals surface area contributed by atoms with Crippen LogP contribution in [0, 0.1) is 25.7 Å². The van der Waals surface area contributed by atoms with Crippen LogP contribution in [0.1, 0.15) is 43.3 Å². The average Bonchev–Trinajstić information content (AvgIpc) is 2.87. The largest absolute Gasteiger partial charge is 0.383 e. The Kier molecular flexibility index (Phi) is 6.82. The summed E-state index contributed by atoms with van der Waals surface area (Å²) in [5, 5.41) is 0.694. The molecule has 2 heterocycles. The summed E-state index contributed by atoms with van der Waals surface area (Å²) < 4.78 is 1.32. The summed E-state index contributed by atoms with van der Waals surface area (Å²) >= 11 is 1.47. The molecule has 3 N–H and O–H groups in total. The summed E-state index contributed by atoms with van der Waals surface area (Å²) in [5.74, 6) is -0.000360. The lowest BCUT2D eigenvalue weighted by Crippen LogP contribution is -2.43. The molecule has 0 radical (unpaired) electrons. The number of nitrogens with one attached hydrogen (secondary N) is 1. The number of thiazole rings is 1. The second-order valence-electron chi connectivity index (χ2n) is 7.82. The van der Waals surface area contributed by atoms with Crippen LogP contribution in [0.25, 0.3) is 0 Å². The molecule has 0 aliphatic carbocycles. The number of anilines is 2. The molecule has 154 valence electrons. The van der Waals surface area contributed by atoms with Gasteiger partial charge in [0.05, 0.1) is 12.1 Å². The van der Waals surface area contributed by atoms with Gasteiger partial charge in [0.2, 0.25) is 5.91 Å². The minimum absolute atomic E-state index is 0.0166. The van der Waals surface area contributed by atoms with Crippen LogP contribution in [-0.2, 0) is 17.8 Å². The Balaban J connectivity index is 2.51. The number of hydrogen-bond donors (Lipinski definition) is 2. The van der Waals surface area contributed by atoms with Gasteiger partial charge < -0.3 is 10.6 Å². The van der Waals surface area contributed by atoms with Gasteiger partial charge in [-0.05, 0) is 25.7 Å². The summed E-state index contributed by atoms with van der Waals surface area (Å²) in [6.07, 6.45) is 0.0776. The molecule has 0 aliphatic rings. The molecule has 8 nitrogen and oxygen atoms in total. The highest BCUT2D eigenvalue weighted by atomic mass is 32.1. The Morgan fingerprint density at radius 1 is 1.21 bits per heavy atom. The maximum absolute atomic E-state index is 13.1. The van der Waals surface area contributed by atoms with Crippen molar-refractivity contribution in [2.75, 3.05) is 17.2 Å². The van der Waals surface area contributed by atoms with Crippen molar-refractivity contribution in [1.29, 1.82) is 0 Å². The van der Waals surface area contributed by atoms with E-state index in [9.17, 15) is 14.4 Å². The van der Waals surface area contributed by atoms with Crippen LogP contribution in [0.2, 0.25) is 0 Å². The number of nitrogen functional groups attached to an aromatic ring is 1. The van der Waals surface area contributed by atoms with Gasteiger partial charge in [-0.3, -0.25) is 19.1 Å². The molecule has 1 amide bonds. The number of hydrogen-bond acceptors (Lipinski definition) is 6. The lowest BCUT2D eigenvalue weighted by molar-refractivity contribution is -0.118. The average molecular weight is 408 g/mol. The van der Waals surface area contributed by atoms with E-state index in [1.165, 1.54) is 20.8 Å². The first-order valence-corrected chi connectivity index (χ1v) is 10.2. The second-order valence-corrected chi connectivity index (χ2v) is 9.11. The molecule has 2 rings (SSSR count). The minimum atomic E-state index is -0.650. The maximum Gasteiger partial charge on any atom is 0.330 e.